The van der Waals surface area contributed by atoms with Gasteiger partial charge in [0.1, 0.15) is 0 Å². The van der Waals surface area contributed by atoms with E-state index in [4.69, 9.17) is 5.73 Å². The first-order chi connectivity index (χ1) is 7.50. The number of benzene rings is 1. The molecule has 0 saturated carbocycles. The maximum Gasteiger partial charge on any atom is 0.0346 e. The third kappa shape index (κ3) is 3.86. The van der Waals surface area contributed by atoms with Crippen molar-refractivity contribution in [3.63, 3.8) is 0 Å². The molecule has 1 aromatic carbocycles. The summed E-state index contributed by atoms with van der Waals surface area (Å²) in [4.78, 5) is 0. The topological polar surface area (TPSA) is 38.0 Å². The van der Waals surface area contributed by atoms with Gasteiger partial charge < -0.3 is 11.1 Å². The lowest BCUT2D eigenvalue weighted by molar-refractivity contribution is 0.481. The average molecular weight is 220 g/mol. The largest absolute Gasteiger partial charge is 0.399 e. The van der Waals surface area contributed by atoms with Gasteiger partial charge in [-0.05, 0) is 49.9 Å². The molecule has 0 heterocycles. The fourth-order valence-electron chi connectivity index (χ4n) is 1.76. The van der Waals surface area contributed by atoms with Crippen LogP contribution in [0.25, 0.3) is 0 Å². The van der Waals surface area contributed by atoms with Crippen molar-refractivity contribution in [2.45, 2.75) is 40.2 Å². The Morgan fingerprint density at radius 1 is 1.25 bits per heavy atom. The predicted octanol–water partition coefficient (Wildman–Crippen LogP) is 2.75. The van der Waals surface area contributed by atoms with Crippen LogP contribution in [0.3, 0.4) is 0 Å². The average Bonchev–Trinajstić information content (AvgIpc) is 2.22. The number of nitrogens with one attached hydrogen (secondary N) is 1. The molecule has 0 fully saturated rings. The highest BCUT2D eigenvalue weighted by Gasteiger charge is 2.07. The van der Waals surface area contributed by atoms with Crippen LogP contribution in [0.4, 0.5) is 5.69 Å². The molecule has 0 bridgehead atoms. The molecule has 1 aromatic rings. The van der Waals surface area contributed by atoms with Crippen molar-refractivity contribution in [3.8, 4) is 0 Å². The van der Waals surface area contributed by atoms with Crippen molar-refractivity contribution < 1.29 is 0 Å². The van der Waals surface area contributed by atoms with Gasteiger partial charge in [-0.2, -0.15) is 0 Å². The lowest BCUT2D eigenvalue weighted by atomic mass is 10.0. The summed E-state index contributed by atoms with van der Waals surface area (Å²) in [5.41, 5.74) is 9.37. The van der Waals surface area contributed by atoms with Crippen molar-refractivity contribution in [1.82, 2.24) is 5.32 Å². The Morgan fingerprint density at radius 2 is 1.94 bits per heavy atom. The lowest BCUT2D eigenvalue weighted by Gasteiger charge is -2.17. The molecule has 16 heavy (non-hydrogen) atoms. The molecule has 3 N–H and O–H groups in total. The highest BCUT2D eigenvalue weighted by Crippen LogP contribution is 2.16. The van der Waals surface area contributed by atoms with E-state index in [0.29, 0.717) is 12.0 Å². The third-order valence-corrected chi connectivity index (χ3v) is 2.89. The molecule has 0 unspecified atom stereocenters. The molecule has 0 aliphatic carbocycles. The molecule has 2 nitrogen and oxygen atoms in total. The van der Waals surface area contributed by atoms with E-state index in [9.17, 15) is 0 Å². The van der Waals surface area contributed by atoms with E-state index in [-0.39, 0.29) is 0 Å². The number of anilines is 1. The molecule has 1 rings (SSSR count). The summed E-state index contributed by atoms with van der Waals surface area (Å²) < 4.78 is 0. The summed E-state index contributed by atoms with van der Waals surface area (Å²) in [7, 11) is 0. The van der Waals surface area contributed by atoms with Crippen molar-refractivity contribution in [3.05, 3.63) is 29.3 Å². The van der Waals surface area contributed by atoms with Gasteiger partial charge in [0.05, 0.1) is 0 Å². The molecule has 0 amide bonds. The third-order valence-electron chi connectivity index (χ3n) is 2.89. The van der Waals surface area contributed by atoms with E-state index in [1.807, 2.05) is 12.1 Å². The van der Waals surface area contributed by atoms with Crippen LogP contribution in [-0.2, 0) is 6.42 Å². The number of nitrogens with two attached hydrogens (primary N) is 1. The first-order valence-electron chi connectivity index (χ1n) is 6.08. The predicted molar refractivity (Wildman–Crippen MR) is 71.6 cm³/mol. The number of hydrogen-bond acceptors (Lipinski definition) is 2. The van der Waals surface area contributed by atoms with E-state index < -0.39 is 0 Å². The minimum atomic E-state index is 0.503. The molecule has 0 spiro atoms. The van der Waals surface area contributed by atoms with Crippen LogP contribution in [0.15, 0.2) is 18.2 Å². The van der Waals surface area contributed by atoms with Crippen LogP contribution in [0.5, 0.6) is 0 Å². The van der Waals surface area contributed by atoms with Crippen molar-refractivity contribution >= 4 is 5.69 Å². The minimum absolute atomic E-state index is 0.503. The highest BCUT2D eigenvalue weighted by molar-refractivity contribution is 5.50. The monoisotopic (exact) mass is 220 g/mol. The van der Waals surface area contributed by atoms with Gasteiger partial charge in [-0.3, -0.25) is 0 Å². The zero-order chi connectivity index (χ0) is 12.1. The molecule has 0 aromatic heterocycles. The molecule has 0 aliphatic rings. The van der Waals surface area contributed by atoms with Gasteiger partial charge in [-0.1, -0.05) is 26.0 Å². The van der Waals surface area contributed by atoms with Crippen molar-refractivity contribution in [1.29, 1.82) is 0 Å². The molecule has 90 valence electrons. The zero-order valence-corrected chi connectivity index (χ0v) is 10.9. The van der Waals surface area contributed by atoms with Gasteiger partial charge in [0.25, 0.3) is 0 Å². The van der Waals surface area contributed by atoms with E-state index in [2.05, 4.69) is 39.1 Å². The summed E-state index contributed by atoms with van der Waals surface area (Å²) >= 11 is 0. The van der Waals surface area contributed by atoms with Crippen LogP contribution in [0.1, 0.15) is 31.9 Å². The second-order valence-electron chi connectivity index (χ2n) is 5.04. The molecule has 2 heteroatoms. The van der Waals surface area contributed by atoms with E-state index >= 15 is 0 Å². The van der Waals surface area contributed by atoms with Gasteiger partial charge in [-0.25, -0.2) is 0 Å². The molecule has 0 aliphatic heterocycles. The maximum absolute atomic E-state index is 5.90. The highest BCUT2D eigenvalue weighted by atomic mass is 14.9. The van der Waals surface area contributed by atoms with Crippen LogP contribution in [-0.4, -0.2) is 12.6 Å². The Balaban J connectivity index is 2.56. The molecule has 1 atom stereocenters. The number of rotatable bonds is 5. The van der Waals surface area contributed by atoms with Crippen molar-refractivity contribution in [2.24, 2.45) is 5.92 Å². The van der Waals surface area contributed by atoms with E-state index in [0.717, 1.165) is 18.7 Å². The summed E-state index contributed by atoms with van der Waals surface area (Å²) in [5, 5.41) is 3.54. The summed E-state index contributed by atoms with van der Waals surface area (Å²) in [5.74, 6) is 0.699. The lowest BCUT2D eigenvalue weighted by Crippen LogP contribution is -2.31. The first kappa shape index (κ1) is 13.0. The Labute approximate surface area is 99.2 Å². The molecular formula is C14H24N2. The smallest absolute Gasteiger partial charge is 0.0346 e. The summed E-state index contributed by atoms with van der Waals surface area (Å²) in [6.07, 6.45) is 1.05. The quantitative estimate of drug-likeness (QED) is 0.749. The van der Waals surface area contributed by atoms with Crippen LogP contribution in [0.2, 0.25) is 0 Å². The fourth-order valence-corrected chi connectivity index (χ4v) is 1.76. The molecular weight excluding hydrogens is 196 g/mol. The number of nitrogen functional groups attached to an aromatic ring is 1. The Morgan fingerprint density at radius 3 is 2.56 bits per heavy atom. The maximum atomic E-state index is 5.90. The summed E-state index contributed by atoms with van der Waals surface area (Å²) in [6, 6.07) is 6.67. The van der Waals surface area contributed by atoms with Gasteiger partial charge in [0.15, 0.2) is 0 Å². The van der Waals surface area contributed by atoms with E-state index in [1.54, 1.807) is 0 Å². The summed E-state index contributed by atoms with van der Waals surface area (Å²) in [6.45, 7) is 9.85. The standard InChI is InChI=1S/C14H24N2/c1-10(2)9-16-11(3)8-13-6-5-7-14(15)12(13)4/h5-7,10-11,16H,8-9,15H2,1-4H3/t11-/m1/s1. The normalized spacial score (nSPS) is 13.1. The zero-order valence-electron chi connectivity index (χ0n) is 10.9. The second kappa shape index (κ2) is 5.90. The Bertz CT molecular complexity index is 332. The second-order valence-corrected chi connectivity index (χ2v) is 5.04. The molecule has 0 radical (unpaired) electrons. The van der Waals surface area contributed by atoms with Gasteiger partial charge in [-0.15, -0.1) is 0 Å². The minimum Gasteiger partial charge on any atom is -0.399 e. The Kier molecular flexibility index (Phi) is 4.81. The SMILES string of the molecule is Cc1c(N)cccc1C[C@@H](C)NCC(C)C. The van der Waals surface area contributed by atoms with Crippen molar-refractivity contribution in [2.75, 3.05) is 12.3 Å². The molecule has 0 saturated heterocycles. The van der Waals surface area contributed by atoms with E-state index in [1.165, 1.54) is 11.1 Å². The number of hydrogen-bond donors (Lipinski definition) is 2. The van der Waals surface area contributed by atoms with Crippen LogP contribution < -0.4 is 11.1 Å². The first-order valence-corrected chi connectivity index (χ1v) is 6.08. The van der Waals surface area contributed by atoms with Gasteiger partial charge in [0.2, 0.25) is 0 Å². The fraction of sp³-hybridized carbons (Fsp3) is 0.571. The van der Waals surface area contributed by atoms with Gasteiger partial charge in [0, 0.05) is 11.7 Å². The van der Waals surface area contributed by atoms with Gasteiger partial charge >= 0.3 is 0 Å². The van der Waals surface area contributed by atoms with Crippen LogP contribution >= 0.6 is 0 Å². The Hall–Kier alpha value is -1.02. The van der Waals surface area contributed by atoms with Crippen LogP contribution in [0, 0.1) is 12.8 Å².